The summed E-state index contributed by atoms with van der Waals surface area (Å²) >= 11 is 0. The molecule has 11 heteroatoms. The number of carbonyl (C=O) groups excluding carboxylic acids is 1. The zero-order valence-electron chi connectivity index (χ0n) is 22.7. The van der Waals surface area contributed by atoms with Crippen molar-refractivity contribution in [2.75, 3.05) is 20.2 Å². The molecule has 1 saturated carbocycles. The van der Waals surface area contributed by atoms with Crippen molar-refractivity contribution in [3.63, 3.8) is 0 Å². The van der Waals surface area contributed by atoms with Crippen molar-refractivity contribution >= 4 is 16.9 Å². The number of alkyl halides is 2. The number of halogens is 2. The van der Waals surface area contributed by atoms with E-state index in [1.54, 1.807) is 30.3 Å². The van der Waals surface area contributed by atoms with Crippen LogP contribution in [0.5, 0.6) is 5.75 Å². The van der Waals surface area contributed by atoms with Crippen LogP contribution in [0.2, 0.25) is 0 Å². The number of furan rings is 1. The summed E-state index contributed by atoms with van der Waals surface area (Å²) < 4.78 is 42.1. The third kappa shape index (κ3) is 5.26. The molecule has 1 aliphatic carbocycles. The highest BCUT2D eigenvalue weighted by Crippen LogP contribution is 2.46. The molecule has 1 aliphatic heterocycles. The summed E-state index contributed by atoms with van der Waals surface area (Å²) in [6.45, 7) is 0.592. The molecule has 1 N–H and O–H groups in total. The molecule has 41 heavy (non-hydrogen) atoms. The van der Waals surface area contributed by atoms with E-state index < -0.39 is 23.4 Å². The summed E-state index contributed by atoms with van der Waals surface area (Å²) in [5.41, 5.74) is 0.476. The Balaban J connectivity index is 1.14. The molecule has 3 aromatic heterocycles. The largest absolute Gasteiger partial charge is 0.497 e. The molecule has 216 valence electrons. The summed E-state index contributed by atoms with van der Waals surface area (Å²) in [4.78, 5) is 33.0. The summed E-state index contributed by atoms with van der Waals surface area (Å²) in [7, 11) is 1.60. The molecule has 9 nitrogen and oxygen atoms in total. The molecular weight excluding hydrogens is 534 g/mol. The Morgan fingerprint density at radius 2 is 1.90 bits per heavy atom. The number of aromatic nitrogens is 3. The van der Waals surface area contributed by atoms with Gasteiger partial charge in [0.1, 0.15) is 12.1 Å². The SMILES string of the molecule is COc1ccc(-n2ccc3c(=O)n(CC4(O)CCN(C(=O)[C@@H]5CCC(F)(F)C[C@H]5c5ccoc5)CC4)cnc32)cc1. The van der Waals surface area contributed by atoms with Crippen molar-refractivity contribution in [1.29, 1.82) is 0 Å². The van der Waals surface area contributed by atoms with Gasteiger partial charge in [0.2, 0.25) is 11.8 Å². The van der Waals surface area contributed by atoms with Crippen LogP contribution in [0.3, 0.4) is 0 Å². The van der Waals surface area contributed by atoms with Crippen LogP contribution in [0, 0.1) is 5.92 Å². The standard InChI is InChI=1S/C30H32F2N4O5/c1-40-22-4-2-21(3-5-22)36-12-7-24-26(36)33-19-35(28(24)38)18-29(39)10-13-34(14-11-29)27(37)23-6-9-30(31,32)16-25(23)20-8-15-41-17-20/h2-5,7-8,12,15,17,19,23,25,39H,6,9-11,13-14,16,18H2,1H3/t23-,25+/m1/s1. The van der Waals surface area contributed by atoms with Crippen LogP contribution in [-0.2, 0) is 11.3 Å². The van der Waals surface area contributed by atoms with Gasteiger partial charge < -0.3 is 23.7 Å². The van der Waals surface area contributed by atoms with E-state index in [-0.39, 0.29) is 63.2 Å². The van der Waals surface area contributed by atoms with E-state index in [1.807, 2.05) is 28.8 Å². The van der Waals surface area contributed by atoms with Gasteiger partial charge in [-0.05, 0) is 61.2 Å². The van der Waals surface area contributed by atoms with E-state index in [1.165, 1.54) is 23.4 Å². The first-order valence-electron chi connectivity index (χ1n) is 13.8. The second-order valence-electron chi connectivity index (χ2n) is 11.2. The van der Waals surface area contributed by atoms with E-state index in [2.05, 4.69) is 4.98 Å². The molecule has 2 fully saturated rings. The average Bonchev–Trinajstić information content (AvgIpc) is 3.65. The number of carbonyl (C=O) groups is 1. The number of hydrogen-bond donors (Lipinski definition) is 1. The monoisotopic (exact) mass is 566 g/mol. The normalized spacial score (nSPS) is 22.1. The highest BCUT2D eigenvalue weighted by molar-refractivity contribution is 5.80. The van der Waals surface area contributed by atoms with Gasteiger partial charge in [0.15, 0.2) is 5.65 Å². The second kappa shape index (κ2) is 10.4. The number of hydrogen-bond acceptors (Lipinski definition) is 6. The highest BCUT2D eigenvalue weighted by Gasteiger charge is 2.47. The molecule has 2 atom stereocenters. The molecule has 1 aromatic carbocycles. The number of benzene rings is 1. The zero-order valence-corrected chi connectivity index (χ0v) is 22.7. The van der Waals surface area contributed by atoms with Gasteiger partial charge in [-0.1, -0.05) is 0 Å². The molecule has 0 spiro atoms. The maximum atomic E-state index is 14.3. The number of likely N-dealkylation sites (tertiary alicyclic amines) is 1. The Morgan fingerprint density at radius 3 is 2.59 bits per heavy atom. The van der Waals surface area contributed by atoms with Gasteiger partial charge in [-0.2, -0.15) is 0 Å². The number of amides is 1. The van der Waals surface area contributed by atoms with Crippen molar-refractivity contribution < 1.29 is 27.8 Å². The minimum Gasteiger partial charge on any atom is -0.497 e. The van der Waals surface area contributed by atoms with Gasteiger partial charge in [-0.15, -0.1) is 0 Å². The summed E-state index contributed by atoms with van der Waals surface area (Å²) in [5.74, 6) is -3.46. The molecule has 4 aromatic rings. The summed E-state index contributed by atoms with van der Waals surface area (Å²) in [6.07, 6.45) is 6.00. The Labute approximate surface area is 235 Å². The maximum Gasteiger partial charge on any atom is 0.262 e. The molecule has 4 heterocycles. The zero-order chi connectivity index (χ0) is 28.8. The first-order valence-corrected chi connectivity index (χ1v) is 13.8. The van der Waals surface area contributed by atoms with Crippen molar-refractivity contribution in [3.05, 3.63) is 77.4 Å². The predicted octanol–water partition coefficient (Wildman–Crippen LogP) is 4.36. The lowest BCUT2D eigenvalue weighted by atomic mass is 9.73. The third-order valence-corrected chi connectivity index (χ3v) is 8.61. The minimum absolute atomic E-state index is 0.0395. The number of piperidine rings is 1. The lowest BCUT2D eigenvalue weighted by Gasteiger charge is -2.42. The fraction of sp³-hybridized carbons (Fsp3) is 0.433. The Morgan fingerprint density at radius 1 is 1.15 bits per heavy atom. The van der Waals surface area contributed by atoms with Gasteiger partial charge in [0.05, 0.1) is 37.2 Å². The van der Waals surface area contributed by atoms with Gasteiger partial charge in [-0.3, -0.25) is 14.2 Å². The van der Waals surface area contributed by atoms with E-state index in [0.717, 1.165) is 11.4 Å². The minimum atomic E-state index is -2.82. The third-order valence-electron chi connectivity index (χ3n) is 8.61. The maximum absolute atomic E-state index is 14.3. The topological polar surface area (TPSA) is 103 Å². The van der Waals surface area contributed by atoms with Crippen LogP contribution < -0.4 is 10.3 Å². The molecule has 2 aliphatic rings. The number of rotatable bonds is 6. The van der Waals surface area contributed by atoms with Gasteiger partial charge in [0.25, 0.3) is 5.56 Å². The van der Waals surface area contributed by atoms with Crippen molar-refractivity contribution in [1.82, 2.24) is 19.0 Å². The number of nitrogens with zero attached hydrogens (tertiary/aromatic N) is 4. The van der Waals surface area contributed by atoms with Crippen molar-refractivity contribution in [2.45, 2.75) is 56.1 Å². The molecular formula is C30H32F2N4O5. The first kappa shape index (κ1) is 27.2. The number of methoxy groups -OCH3 is 1. The fourth-order valence-corrected chi connectivity index (χ4v) is 6.24. The van der Waals surface area contributed by atoms with Gasteiger partial charge >= 0.3 is 0 Å². The Kier molecular flexibility index (Phi) is 6.93. The fourth-order valence-electron chi connectivity index (χ4n) is 6.24. The van der Waals surface area contributed by atoms with E-state index in [9.17, 15) is 23.5 Å². The number of fused-ring (bicyclic) bond motifs is 1. The molecule has 6 rings (SSSR count). The van der Waals surface area contributed by atoms with Gasteiger partial charge in [-0.25, -0.2) is 13.8 Å². The van der Waals surface area contributed by atoms with Gasteiger partial charge in [0, 0.05) is 49.7 Å². The molecule has 0 unspecified atom stereocenters. The van der Waals surface area contributed by atoms with Crippen LogP contribution in [-0.4, -0.2) is 61.8 Å². The highest BCUT2D eigenvalue weighted by atomic mass is 19.3. The van der Waals surface area contributed by atoms with Crippen LogP contribution in [0.4, 0.5) is 8.78 Å². The van der Waals surface area contributed by atoms with E-state index >= 15 is 0 Å². The lowest BCUT2D eigenvalue weighted by Crippen LogP contribution is -2.52. The Bertz CT molecular complexity index is 1590. The summed E-state index contributed by atoms with van der Waals surface area (Å²) in [5, 5.41) is 11.8. The molecule has 1 saturated heterocycles. The van der Waals surface area contributed by atoms with Crippen molar-refractivity contribution in [3.8, 4) is 11.4 Å². The number of aliphatic hydroxyl groups is 1. The van der Waals surface area contributed by atoms with Crippen LogP contribution in [0.15, 0.2) is 70.7 Å². The van der Waals surface area contributed by atoms with Crippen LogP contribution in [0.25, 0.3) is 16.7 Å². The predicted molar refractivity (Wildman–Crippen MR) is 146 cm³/mol. The van der Waals surface area contributed by atoms with E-state index in [4.69, 9.17) is 9.15 Å². The van der Waals surface area contributed by atoms with Crippen LogP contribution >= 0.6 is 0 Å². The molecule has 1 amide bonds. The Hall–Kier alpha value is -3.99. The second-order valence-corrected chi connectivity index (χ2v) is 11.2. The average molecular weight is 567 g/mol. The lowest BCUT2D eigenvalue weighted by molar-refractivity contribution is -0.145. The first-order chi connectivity index (χ1) is 19.7. The van der Waals surface area contributed by atoms with Crippen LogP contribution in [0.1, 0.15) is 43.6 Å². The number of ether oxygens (including phenoxy) is 1. The van der Waals surface area contributed by atoms with Crippen molar-refractivity contribution in [2.24, 2.45) is 5.92 Å². The smallest absolute Gasteiger partial charge is 0.262 e. The van der Waals surface area contributed by atoms with E-state index in [0.29, 0.717) is 16.6 Å². The quantitative estimate of drug-likeness (QED) is 0.372. The molecule has 0 bridgehead atoms. The molecule has 0 radical (unpaired) electrons. The summed E-state index contributed by atoms with van der Waals surface area (Å²) in [6, 6.07) is 10.8.